The smallest absolute Gasteiger partial charge is 0.272 e. The van der Waals surface area contributed by atoms with Crippen LogP contribution in [0.15, 0.2) is 42.6 Å². The Balaban J connectivity index is 0.00000280. The molecule has 2 heterocycles. The number of amides is 2. The number of halogens is 1. The van der Waals surface area contributed by atoms with Crippen molar-refractivity contribution in [1.82, 2.24) is 25.3 Å². The van der Waals surface area contributed by atoms with Gasteiger partial charge in [0.05, 0.1) is 12.6 Å². The molecule has 0 spiro atoms. The highest BCUT2D eigenvalue weighted by molar-refractivity contribution is 5.94. The van der Waals surface area contributed by atoms with Crippen molar-refractivity contribution in [3.63, 3.8) is 0 Å². The molecule has 3 rings (SSSR count). The zero-order valence-corrected chi connectivity index (χ0v) is 17.0. The van der Waals surface area contributed by atoms with Gasteiger partial charge in [-0.1, -0.05) is 30.3 Å². The Kier molecular flexibility index (Phi) is 8.47. The van der Waals surface area contributed by atoms with E-state index in [1.165, 1.54) is 0 Å². The minimum atomic E-state index is -0.318. The highest BCUT2D eigenvalue weighted by Crippen LogP contribution is 2.15. The van der Waals surface area contributed by atoms with Gasteiger partial charge in [-0.2, -0.15) is 5.10 Å². The topological polar surface area (TPSA) is 79.3 Å². The maximum Gasteiger partial charge on any atom is 0.272 e. The van der Waals surface area contributed by atoms with Crippen molar-refractivity contribution in [1.29, 1.82) is 0 Å². The lowest BCUT2D eigenvalue weighted by Crippen LogP contribution is -2.40. The highest BCUT2D eigenvalue weighted by atomic mass is 35.5. The molecule has 0 aliphatic carbocycles. The lowest BCUT2D eigenvalue weighted by molar-refractivity contribution is -0.130. The molecule has 2 aromatic rings. The normalized spacial score (nSPS) is 16.1. The highest BCUT2D eigenvalue weighted by Gasteiger charge is 2.19. The van der Waals surface area contributed by atoms with Crippen LogP contribution in [-0.4, -0.2) is 52.7 Å². The summed E-state index contributed by atoms with van der Waals surface area (Å²) in [6, 6.07) is 11.8. The van der Waals surface area contributed by atoms with Gasteiger partial charge in [-0.25, -0.2) is 0 Å². The van der Waals surface area contributed by atoms with Crippen LogP contribution in [0.3, 0.4) is 0 Å². The summed E-state index contributed by atoms with van der Waals surface area (Å²) >= 11 is 0. The minimum absolute atomic E-state index is 0. The first-order valence-electron chi connectivity index (χ1n) is 9.53. The number of benzene rings is 1. The van der Waals surface area contributed by atoms with Crippen LogP contribution in [-0.2, 0) is 11.3 Å². The van der Waals surface area contributed by atoms with Crippen molar-refractivity contribution in [2.45, 2.75) is 32.4 Å². The van der Waals surface area contributed by atoms with E-state index in [0.29, 0.717) is 18.8 Å². The standard InChI is InChI=1S/C20H27N5O2.ClH/c1-2-24(15-16-7-4-3-5-8-16)19(26)14-22-20(27)18-10-12-25(23-18)17-9-6-11-21-13-17;/h3-5,7-8,10,12,17,21H,2,6,9,11,13-15H2,1H3,(H,22,27);1H. The molecule has 7 nitrogen and oxygen atoms in total. The molecule has 1 unspecified atom stereocenters. The van der Waals surface area contributed by atoms with E-state index >= 15 is 0 Å². The van der Waals surface area contributed by atoms with Crippen LogP contribution >= 0.6 is 12.4 Å². The van der Waals surface area contributed by atoms with E-state index in [9.17, 15) is 9.59 Å². The average Bonchev–Trinajstić information content (AvgIpc) is 3.22. The minimum Gasteiger partial charge on any atom is -0.342 e. The fraction of sp³-hybridized carbons (Fsp3) is 0.450. The Morgan fingerprint density at radius 3 is 2.75 bits per heavy atom. The molecule has 8 heteroatoms. The molecule has 152 valence electrons. The third kappa shape index (κ3) is 5.81. The second-order valence-electron chi connectivity index (χ2n) is 6.76. The number of aromatic nitrogens is 2. The van der Waals surface area contributed by atoms with E-state index in [1.54, 1.807) is 11.0 Å². The third-order valence-electron chi connectivity index (χ3n) is 4.84. The molecular formula is C20H28ClN5O2. The van der Waals surface area contributed by atoms with E-state index in [2.05, 4.69) is 15.7 Å². The summed E-state index contributed by atoms with van der Waals surface area (Å²) in [5.41, 5.74) is 1.42. The predicted octanol–water partition coefficient (Wildman–Crippen LogP) is 2.01. The fourth-order valence-corrected chi connectivity index (χ4v) is 3.26. The van der Waals surface area contributed by atoms with Crippen molar-refractivity contribution in [3.05, 3.63) is 53.9 Å². The van der Waals surface area contributed by atoms with E-state index in [-0.39, 0.29) is 36.8 Å². The van der Waals surface area contributed by atoms with Gasteiger partial charge in [-0.15, -0.1) is 12.4 Å². The van der Waals surface area contributed by atoms with E-state index in [1.807, 2.05) is 48.1 Å². The van der Waals surface area contributed by atoms with Crippen molar-refractivity contribution in [2.75, 3.05) is 26.2 Å². The molecule has 1 atom stereocenters. The van der Waals surface area contributed by atoms with Gasteiger partial charge in [0.15, 0.2) is 0 Å². The Morgan fingerprint density at radius 1 is 1.29 bits per heavy atom. The summed E-state index contributed by atoms with van der Waals surface area (Å²) in [5.74, 6) is -0.424. The van der Waals surface area contributed by atoms with Crippen LogP contribution in [0.1, 0.15) is 41.9 Å². The summed E-state index contributed by atoms with van der Waals surface area (Å²) in [4.78, 5) is 26.5. The number of nitrogens with zero attached hydrogens (tertiary/aromatic N) is 3. The zero-order valence-electron chi connectivity index (χ0n) is 16.1. The summed E-state index contributed by atoms with van der Waals surface area (Å²) < 4.78 is 1.84. The lowest BCUT2D eigenvalue weighted by atomic mass is 10.1. The Bertz CT molecular complexity index is 759. The molecule has 0 radical (unpaired) electrons. The second-order valence-corrected chi connectivity index (χ2v) is 6.76. The van der Waals surface area contributed by atoms with Crippen LogP contribution in [0.25, 0.3) is 0 Å². The number of hydrogen-bond donors (Lipinski definition) is 2. The monoisotopic (exact) mass is 405 g/mol. The van der Waals surface area contributed by atoms with Gasteiger partial charge in [0.25, 0.3) is 5.91 Å². The third-order valence-corrected chi connectivity index (χ3v) is 4.84. The summed E-state index contributed by atoms with van der Waals surface area (Å²) in [5, 5.41) is 10.4. The first-order valence-corrected chi connectivity index (χ1v) is 9.53. The van der Waals surface area contributed by atoms with Crippen LogP contribution in [0.4, 0.5) is 0 Å². The Hall–Kier alpha value is -2.38. The van der Waals surface area contributed by atoms with Gasteiger partial charge in [0, 0.05) is 25.8 Å². The van der Waals surface area contributed by atoms with Gasteiger partial charge in [-0.05, 0) is 37.9 Å². The van der Waals surface area contributed by atoms with Gasteiger partial charge in [-0.3, -0.25) is 14.3 Å². The molecule has 1 aromatic carbocycles. The molecule has 2 N–H and O–H groups in total. The molecule has 0 saturated carbocycles. The maximum atomic E-state index is 12.4. The fourth-order valence-electron chi connectivity index (χ4n) is 3.26. The quantitative estimate of drug-likeness (QED) is 0.738. The zero-order chi connectivity index (χ0) is 19.1. The molecule has 0 bridgehead atoms. The number of nitrogens with one attached hydrogen (secondary N) is 2. The number of hydrogen-bond acceptors (Lipinski definition) is 4. The number of carbonyl (C=O) groups excluding carboxylic acids is 2. The van der Waals surface area contributed by atoms with Crippen LogP contribution < -0.4 is 10.6 Å². The second kappa shape index (κ2) is 10.8. The van der Waals surface area contributed by atoms with E-state index in [4.69, 9.17) is 0 Å². The largest absolute Gasteiger partial charge is 0.342 e. The van der Waals surface area contributed by atoms with Crippen molar-refractivity contribution >= 4 is 24.2 Å². The number of carbonyl (C=O) groups is 2. The lowest BCUT2D eigenvalue weighted by Gasteiger charge is -2.23. The molecule has 1 aromatic heterocycles. The van der Waals surface area contributed by atoms with Crippen LogP contribution in [0.5, 0.6) is 0 Å². The predicted molar refractivity (Wildman–Crippen MR) is 110 cm³/mol. The molecule has 1 fully saturated rings. The molecule has 2 amide bonds. The number of likely N-dealkylation sites (N-methyl/N-ethyl adjacent to an activating group) is 1. The van der Waals surface area contributed by atoms with Crippen molar-refractivity contribution < 1.29 is 9.59 Å². The summed E-state index contributed by atoms with van der Waals surface area (Å²) in [7, 11) is 0. The van der Waals surface area contributed by atoms with Crippen LogP contribution in [0, 0.1) is 0 Å². The van der Waals surface area contributed by atoms with Gasteiger partial charge >= 0.3 is 0 Å². The molecule has 28 heavy (non-hydrogen) atoms. The molecule has 1 aliphatic rings. The maximum absolute atomic E-state index is 12.4. The van der Waals surface area contributed by atoms with Gasteiger partial charge in [0.1, 0.15) is 5.69 Å². The summed E-state index contributed by atoms with van der Waals surface area (Å²) in [6.07, 6.45) is 4.00. The van der Waals surface area contributed by atoms with Crippen molar-refractivity contribution in [3.8, 4) is 0 Å². The average molecular weight is 406 g/mol. The van der Waals surface area contributed by atoms with Gasteiger partial charge < -0.3 is 15.5 Å². The number of rotatable bonds is 7. The van der Waals surface area contributed by atoms with Crippen LogP contribution in [0.2, 0.25) is 0 Å². The SMILES string of the molecule is CCN(Cc1ccccc1)C(=O)CNC(=O)c1ccn(C2CCCNC2)n1.Cl. The Labute approximate surface area is 171 Å². The first kappa shape index (κ1) is 21.9. The van der Waals surface area contributed by atoms with E-state index < -0.39 is 0 Å². The van der Waals surface area contributed by atoms with Crippen molar-refractivity contribution in [2.24, 2.45) is 0 Å². The summed E-state index contributed by atoms with van der Waals surface area (Å²) in [6.45, 7) is 4.93. The van der Waals surface area contributed by atoms with Gasteiger partial charge in [0.2, 0.25) is 5.91 Å². The molecule has 1 aliphatic heterocycles. The Morgan fingerprint density at radius 2 is 2.07 bits per heavy atom. The number of piperidine rings is 1. The first-order chi connectivity index (χ1) is 13.2. The molecular weight excluding hydrogens is 378 g/mol. The van der Waals surface area contributed by atoms with E-state index in [0.717, 1.165) is 31.5 Å². The molecule has 1 saturated heterocycles.